The fraction of sp³-hybridized carbons (Fsp3) is 0.100. The van der Waals surface area contributed by atoms with Crippen molar-refractivity contribution in [1.82, 2.24) is 10.3 Å². The molecule has 1 heterocycles. The van der Waals surface area contributed by atoms with Gasteiger partial charge in [-0.1, -0.05) is 23.8 Å². The summed E-state index contributed by atoms with van der Waals surface area (Å²) in [6, 6.07) is 16.6. The topological polar surface area (TPSA) is 88.2 Å². The zero-order valence-corrected chi connectivity index (χ0v) is 15.5. The van der Waals surface area contributed by atoms with Crippen LogP contribution in [0, 0.1) is 6.92 Å². The van der Waals surface area contributed by atoms with E-state index in [4.69, 9.17) is 0 Å². The zero-order valence-electron chi connectivity index (χ0n) is 14.7. The number of carbonyl (C=O) groups excluding carboxylic acids is 1. The van der Waals surface area contributed by atoms with Gasteiger partial charge in [0.05, 0.1) is 4.90 Å². The summed E-state index contributed by atoms with van der Waals surface area (Å²) in [6.45, 7) is 2.26. The fourth-order valence-corrected chi connectivity index (χ4v) is 3.53. The van der Waals surface area contributed by atoms with Crippen molar-refractivity contribution < 1.29 is 13.2 Å². The number of nitrogens with zero attached hydrogens (tertiary/aromatic N) is 1. The molecule has 0 atom stereocenters. The van der Waals surface area contributed by atoms with Gasteiger partial charge >= 0.3 is 0 Å². The van der Waals surface area contributed by atoms with E-state index in [1.165, 1.54) is 12.1 Å². The minimum Gasteiger partial charge on any atom is -0.348 e. The molecule has 0 unspecified atom stereocenters. The van der Waals surface area contributed by atoms with Crippen molar-refractivity contribution in [2.24, 2.45) is 0 Å². The molecular weight excluding hydrogens is 362 g/mol. The monoisotopic (exact) mass is 381 g/mol. The van der Waals surface area contributed by atoms with E-state index in [2.05, 4.69) is 15.0 Å². The van der Waals surface area contributed by atoms with Gasteiger partial charge in [-0.15, -0.1) is 0 Å². The SMILES string of the molecule is Cc1ccc(NS(=O)(=O)c2cccc(C(=O)NCc3ccncc3)c2)cc1. The molecule has 1 amide bonds. The zero-order chi connectivity index (χ0) is 19.3. The van der Waals surface area contributed by atoms with E-state index in [0.29, 0.717) is 12.2 Å². The van der Waals surface area contributed by atoms with Crippen molar-refractivity contribution in [3.05, 3.63) is 89.7 Å². The van der Waals surface area contributed by atoms with Gasteiger partial charge in [0.25, 0.3) is 15.9 Å². The van der Waals surface area contributed by atoms with E-state index < -0.39 is 10.0 Å². The maximum absolute atomic E-state index is 12.6. The third kappa shape index (κ3) is 4.92. The Bertz CT molecular complexity index is 1030. The third-order valence-electron chi connectivity index (χ3n) is 3.91. The Labute approximate surface area is 158 Å². The number of anilines is 1. The highest BCUT2D eigenvalue weighted by Crippen LogP contribution is 2.17. The molecule has 0 aliphatic heterocycles. The van der Waals surface area contributed by atoms with Crippen LogP contribution >= 0.6 is 0 Å². The molecule has 2 N–H and O–H groups in total. The molecule has 0 aliphatic rings. The van der Waals surface area contributed by atoms with Gasteiger partial charge in [-0.2, -0.15) is 0 Å². The molecule has 0 bridgehead atoms. The number of rotatable bonds is 6. The first kappa shape index (κ1) is 18.6. The molecule has 27 heavy (non-hydrogen) atoms. The van der Waals surface area contributed by atoms with Crippen LogP contribution in [0.5, 0.6) is 0 Å². The summed E-state index contributed by atoms with van der Waals surface area (Å²) >= 11 is 0. The number of aromatic nitrogens is 1. The number of benzene rings is 2. The van der Waals surface area contributed by atoms with E-state index in [1.54, 1.807) is 48.8 Å². The average molecular weight is 381 g/mol. The van der Waals surface area contributed by atoms with Crippen LogP contribution in [0.1, 0.15) is 21.5 Å². The van der Waals surface area contributed by atoms with Crippen LogP contribution < -0.4 is 10.0 Å². The second-order valence-corrected chi connectivity index (χ2v) is 7.72. The van der Waals surface area contributed by atoms with Gasteiger partial charge in [-0.25, -0.2) is 8.42 Å². The van der Waals surface area contributed by atoms with Crippen molar-refractivity contribution in [1.29, 1.82) is 0 Å². The van der Waals surface area contributed by atoms with Gasteiger partial charge in [0.1, 0.15) is 0 Å². The predicted octanol–water partition coefficient (Wildman–Crippen LogP) is 3.12. The number of nitrogens with one attached hydrogen (secondary N) is 2. The Morgan fingerprint density at radius 3 is 2.41 bits per heavy atom. The molecule has 7 heteroatoms. The Kier molecular flexibility index (Phi) is 5.52. The first-order chi connectivity index (χ1) is 12.9. The lowest BCUT2D eigenvalue weighted by Gasteiger charge is -2.10. The van der Waals surface area contributed by atoms with Crippen LogP contribution in [0.3, 0.4) is 0 Å². The summed E-state index contributed by atoms with van der Waals surface area (Å²) in [6.07, 6.45) is 3.29. The minimum absolute atomic E-state index is 0.0274. The highest BCUT2D eigenvalue weighted by molar-refractivity contribution is 7.92. The van der Waals surface area contributed by atoms with Gasteiger partial charge in [-0.05, 0) is 55.0 Å². The van der Waals surface area contributed by atoms with E-state index in [0.717, 1.165) is 11.1 Å². The molecular formula is C20H19N3O3S. The van der Waals surface area contributed by atoms with Gasteiger partial charge in [0.2, 0.25) is 0 Å². The van der Waals surface area contributed by atoms with Crippen LogP contribution in [0.25, 0.3) is 0 Å². The molecule has 0 spiro atoms. The van der Waals surface area contributed by atoms with Gasteiger partial charge in [-0.3, -0.25) is 14.5 Å². The van der Waals surface area contributed by atoms with Crippen molar-refractivity contribution in [2.45, 2.75) is 18.4 Å². The molecule has 3 rings (SSSR count). The normalized spacial score (nSPS) is 11.0. The predicted molar refractivity (Wildman–Crippen MR) is 104 cm³/mol. The number of pyridine rings is 1. The fourth-order valence-electron chi connectivity index (χ4n) is 2.43. The Morgan fingerprint density at radius 1 is 1.00 bits per heavy atom. The molecule has 0 fully saturated rings. The summed E-state index contributed by atoms with van der Waals surface area (Å²) in [5.74, 6) is -0.348. The van der Waals surface area contributed by atoms with Crippen molar-refractivity contribution in [2.75, 3.05) is 4.72 Å². The molecule has 138 valence electrons. The largest absolute Gasteiger partial charge is 0.348 e. The quantitative estimate of drug-likeness (QED) is 0.687. The first-order valence-electron chi connectivity index (χ1n) is 8.31. The maximum Gasteiger partial charge on any atom is 0.261 e. The molecule has 6 nitrogen and oxygen atoms in total. The maximum atomic E-state index is 12.6. The van der Waals surface area contributed by atoms with Gasteiger partial charge in [0.15, 0.2) is 0 Å². The highest BCUT2D eigenvalue weighted by Gasteiger charge is 2.16. The highest BCUT2D eigenvalue weighted by atomic mass is 32.2. The molecule has 2 aromatic carbocycles. The number of sulfonamides is 1. The van der Waals surface area contributed by atoms with E-state index in [1.807, 2.05) is 19.1 Å². The Hall–Kier alpha value is -3.19. The summed E-state index contributed by atoms with van der Waals surface area (Å²) < 4.78 is 27.7. The Balaban J connectivity index is 1.73. The molecule has 3 aromatic rings. The second kappa shape index (κ2) is 8.01. The number of hydrogen-bond acceptors (Lipinski definition) is 4. The van der Waals surface area contributed by atoms with Crippen LogP contribution in [-0.2, 0) is 16.6 Å². The molecule has 1 aromatic heterocycles. The van der Waals surface area contributed by atoms with Crippen LogP contribution in [0.2, 0.25) is 0 Å². The smallest absolute Gasteiger partial charge is 0.261 e. The summed E-state index contributed by atoms with van der Waals surface area (Å²) in [7, 11) is -3.79. The number of hydrogen-bond donors (Lipinski definition) is 2. The Morgan fingerprint density at radius 2 is 1.70 bits per heavy atom. The van der Waals surface area contributed by atoms with Crippen LogP contribution in [0.4, 0.5) is 5.69 Å². The van der Waals surface area contributed by atoms with E-state index in [-0.39, 0.29) is 16.4 Å². The molecule has 0 saturated carbocycles. The van der Waals surface area contributed by atoms with Crippen molar-refractivity contribution in [3.8, 4) is 0 Å². The number of carbonyl (C=O) groups is 1. The summed E-state index contributed by atoms with van der Waals surface area (Å²) in [5, 5.41) is 2.77. The average Bonchev–Trinajstić information content (AvgIpc) is 2.68. The lowest BCUT2D eigenvalue weighted by atomic mass is 10.2. The molecule has 0 saturated heterocycles. The standard InChI is InChI=1S/C20H19N3O3S/c1-15-5-7-18(8-6-15)23-27(25,26)19-4-2-3-17(13-19)20(24)22-14-16-9-11-21-12-10-16/h2-13,23H,14H2,1H3,(H,22,24). The van der Waals surface area contributed by atoms with E-state index >= 15 is 0 Å². The molecule has 0 aliphatic carbocycles. The number of amides is 1. The molecule has 0 radical (unpaired) electrons. The first-order valence-corrected chi connectivity index (χ1v) is 9.79. The summed E-state index contributed by atoms with van der Waals surface area (Å²) in [4.78, 5) is 16.3. The lowest BCUT2D eigenvalue weighted by Crippen LogP contribution is -2.23. The van der Waals surface area contributed by atoms with Crippen LogP contribution in [-0.4, -0.2) is 19.3 Å². The van der Waals surface area contributed by atoms with Gasteiger partial charge < -0.3 is 5.32 Å². The number of aryl methyl sites for hydroxylation is 1. The third-order valence-corrected chi connectivity index (χ3v) is 5.29. The van der Waals surface area contributed by atoms with Crippen LogP contribution in [0.15, 0.2) is 78.0 Å². The minimum atomic E-state index is -3.79. The van der Waals surface area contributed by atoms with Crippen molar-refractivity contribution in [3.63, 3.8) is 0 Å². The van der Waals surface area contributed by atoms with Gasteiger partial charge in [0, 0.05) is 30.2 Å². The van der Waals surface area contributed by atoms with E-state index in [9.17, 15) is 13.2 Å². The summed E-state index contributed by atoms with van der Waals surface area (Å²) in [5.41, 5.74) is 2.68. The second-order valence-electron chi connectivity index (χ2n) is 6.04. The van der Waals surface area contributed by atoms with Crippen molar-refractivity contribution >= 4 is 21.6 Å². The lowest BCUT2D eigenvalue weighted by molar-refractivity contribution is 0.0950.